The van der Waals surface area contributed by atoms with Gasteiger partial charge in [-0.05, 0) is 48.7 Å². The highest BCUT2D eigenvalue weighted by molar-refractivity contribution is 7.91. The van der Waals surface area contributed by atoms with Crippen LogP contribution in [0.2, 0.25) is 0 Å². The molecule has 1 fully saturated rings. The molecule has 0 aromatic heterocycles. The van der Waals surface area contributed by atoms with Crippen LogP contribution in [0.15, 0.2) is 36.4 Å². The number of carbonyl (C=O) groups excluding carboxylic acids is 1. The van der Waals surface area contributed by atoms with Gasteiger partial charge >= 0.3 is 0 Å². The number of amides is 1. The van der Waals surface area contributed by atoms with E-state index in [4.69, 9.17) is 18.9 Å². The van der Waals surface area contributed by atoms with E-state index in [1.807, 2.05) is 6.92 Å². The third-order valence-electron chi connectivity index (χ3n) is 5.54. The fourth-order valence-electron chi connectivity index (χ4n) is 3.92. The van der Waals surface area contributed by atoms with E-state index in [0.717, 1.165) is 12.0 Å². The third-order valence-corrected chi connectivity index (χ3v) is 7.29. The second kappa shape index (κ2) is 10.8. The Bertz CT molecular complexity index is 1060. The number of nitrogens with zero attached hydrogens (tertiary/aromatic N) is 1. The second-order valence-corrected chi connectivity index (χ2v) is 10.1. The van der Waals surface area contributed by atoms with Gasteiger partial charge in [-0.2, -0.15) is 0 Å². The van der Waals surface area contributed by atoms with Crippen molar-refractivity contribution in [1.29, 1.82) is 0 Å². The lowest BCUT2D eigenvalue weighted by Gasteiger charge is -2.29. The molecule has 1 amide bonds. The van der Waals surface area contributed by atoms with Gasteiger partial charge in [-0.25, -0.2) is 8.42 Å². The molecule has 9 heteroatoms. The maximum absolute atomic E-state index is 13.6. The van der Waals surface area contributed by atoms with Gasteiger partial charge in [-0.1, -0.05) is 13.0 Å². The van der Waals surface area contributed by atoms with Gasteiger partial charge in [-0.3, -0.25) is 4.79 Å². The molecule has 0 bridgehead atoms. The van der Waals surface area contributed by atoms with Gasteiger partial charge in [0.1, 0.15) is 5.75 Å². The molecule has 0 unspecified atom stereocenters. The Morgan fingerprint density at radius 1 is 1.06 bits per heavy atom. The van der Waals surface area contributed by atoms with Crippen molar-refractivity contribution in [3.63, 3.8) is 0 Å². The minimum atomic E-state index is -3.19. The second-order valence-electron chi connectivity index (χ2n) is 7.90. The molecule has 1 saturated heterocycles. The van der Waals surface area contributed by atoms with E-state index in [0.29, 0.717) is 41.6 Å². The van der Waals surface area contributed by atoms with E-state index < -0.39 is 15.9 Å². The molecule has 1 aliphatic rings. The Labute approximate surface area is 195 Å². The average molecular weight is 478 g/mol. The SMILES string of the molecule is CCCOc1cccc(C(=O)N(Cc2cc(OC)c(OC)c(OC)c2)[C@H]2CCS(=O)(=O)C2)c1. The summed E-state index contributed by atoms with van der Waals surface area (Å²) in [6, 6.07) is 10.1. The van der Waals surface area contributed by atoms with E-state index >= 15 is 0 Å². The lowest BCUT2D eigenvalue weighted by molar-refractivity contribution is 0.0680. The summed E-state index contributed by atoms with van der Waals surface area (Å²) in [4.78, 5) is 15.2. The van der Waals surface area contributed by atoms with Crippen molar-refractivity contribution in [3.05, 3.63) is 47.5 Å². The van der Waals surface area contributed by atoms with Crippen LogP contribution in [0.1, 0.15) is 35.7 Å². The topological polar surface area (TPSA) is 91.4 Å². The smallest absolute Gasteiger partial charge is 0.254 e. The van der Waals surface area contributed by atoms with Gasteiger partial charge < -0.3 is 23.8 Å². The van der Waals surface area contributed by atoms with Gasteiger partial charge in [0.05, 0.1) is 39.4 Å². The zero-order chi connectivity index (χ0) is 24.0. The molecule has 2 aromatic rings. The molecule has 0 aliphatic carbocycles. The minimum Gasteiger partial charge on any atom is -0.494 e. The molecule has 8 nitrogen and oxygen atoms in total. The molecule has 1 aliphatic heterocycles. The molecule has 33 heavy (non-hydrogen) atoms. The van der Waals surface area contributed by atoms with Gasteiger partial charge in [0.15, 0.2) is 21.3 Å². The zero-order valence-electron chi connectivity index (χ0n) is 19.5. The van der Waals surface area contributed by atoms with Crippen molar-refractivity contribution in [3.8, 4) is 23.0 Å². The number of carbonyl (C=O) groups is 1. The number of methoxy groups -OCH3 is 3. The summed E-state index contributed by atoms with van der Waals surface area (Å²) in [5.74, 6) is 1.74. The Kier molecular flexibility index (Phi) is 8.07. The van der Waals surface area contributed by atoms with Crippen molar-refractivity contribution < 1.29 is 32.2 Å². The molecule has 180 valence electrons. The number of hydrogen-bond donors (Lipinski definition) is 0. The third kappa shape index (κ3) is 5.90. The van der Waals surface area contributed by atoms with Crippen molar-refractivity contribution >= 4 is 15.7 Å². The van der Waals surface area contributed by atoms with Crippen molar-refractivity contribution in [2.45, 2.75) is 32.4 Å². The Morgan fingerprint density at radius 2 is 1.76 bits per heavy atom. The summed E-state index contributed by atoms with van der Waals surface area (Å²) in [5.41, 5.74) is 1.18. The standard InChI is InChI=1S/C24H31NO7S/c1-5-10-32-20-8-6-7-18(14-20)24(26)25(19-9-11-33(27,28)16-19)15-17-12-21(29-2)23(31-4)22(13-17)30-3/h6-8,12-14,19H,5,9-11,15-16H2,1-4H3/t19-/m0/s1. The highest BCUT2D eigenvalue weighted by atomic mass is 32.2. The molecule has 0 saturated carbocycles. The van der Waals surface area contributed by atoms with Crippen LogP contribution >= 0.6 is 0 Å². The first-order valence-electron chi connectivity index (χ1n) is 10.8. The molecule has 2 aromatic carbocycles. The minimum absolute atomic E-state index is 0.0603. The van der Waals surface area contributed by atoms with Crippen LogP contribution < -0.4 is 18.9 Å². The molecule has 0 radical (unpaired) electrons. The van der Waals surface area contributed by atoms with Gasteiger partial charge in [0.2, 0.25) is 5.75 Å². The number of rotatable bonds is 10. The molecular formula is C24H31NO7S. The normalized spacial score (nSPS) is 16.8. The molecule has 1 atom stereocenters. The molecular weight excluding hydrogens is 446 g/mol. The average Bonchev–Trinajstić information content (AvgIpc) is 3.19. The Balaban J connectivity index is 1.97. The highest BCUT2D eigenvalue weighted by Gasteiger charge is 2.35. The van der Waals surface area contributed by atoms with Crippen molar-refractivity contribution in [1.82, 2.24) is 4.90 Å². The largest absolute Gasteiger partial charge is 0.494 e. The molecule has 1 heterocycles. The van der Waals surface area contributed by atoms with Gasteiger partial charge in [0, 0.05) is 18.2 Å². The lowest BCUT2D eigenvalue weighted by Crippen LogP contribution is -2.40. The van der Waals surface area contributed by atoms with E-state index in [1.54, 1.807) is 41.3 Å². The fourth-order valence-corrected chi connectivity index (χ4v) is 5.65. The highest BCUT2D eigenvalue weighted by Crippen LogP contribution is 2.39. The van der Waals surface area contributed by atoms with Crippen LogP contribution in [0.25, 0.3) is 0 Å². The first-order valence-corrected chi connectivity index (χ1v) is 12.7. The quantitative estimate of drug-likeness (QED) is 0.518. The van der Waals surface area contributed by atoms with E-state index in [9.17, 15) is 13.2 Å². The summed E-state index contributed by atoms with van der Waals surface area (Å²) in [6.07, 6.45) is 1.25. The van der Waals surface area contributed by atoms with Crippen LogP contribution in [-0.4, -0.2) is 64.7 Å². The van der Waals surface area contributed by atoms with E-state index in [2.05, 4.69) is 0 Å². The van der Waals surface area contributed by atoms with Gasteiger partial charge in [0.25, 0.3) is 5.91 Å². The summed E-state index contributed by atoms with van der Waals surface area (Å²) in [5, 5.41) is 0. The number of benzene rings is 2. The molecule has 0 spiro atoms. The Morgan fingerprint density at radius 3 is 2.30 bits per heavy atom. The van der Waals surface area contributed by atoms with Crippen LogP contribution in [0.4, 0.5) is 0 Å². The fraction of sp³-hybridized carbons (Fsp3) is 0.458. The maximum Gasteiger partial charge on any atom is 0.254 e. The predicted molar refractivity (Wildman–Crippen MR) is 125 cm³/mol. The first-order chi connectivity index (χ1) is 15.8. The van der Waals surface area contributed by atoms with Gasteiger partial charge in [-0.15, -0.1) is 0 Å². The number of ether oxygens (including phenoxy) is 4. The lowest BCUT2D eigenvalue weighted by atomic mass is 10.1. The first kappa shape index (κ1) is 24.7. The van der Waals surface area contributed by atoms with Crippen LogP contribution in [0, 0.1) is 0 Å². The monoisotopic (exact) mass is 477 g/mol. The van der Waals surface area contributed by atoms with Crippen molar-refractivity contribution in [2.24, 2.45) is 0 Å². The van der Waals surface area contributed by atoms with Crippen LogP contribution in [0.3, 0.4) is 0 Å². The molecule has 0 N–H and O–H groups in total. The van der Waals surface area contributed by atoms with Crippen LogP contribution in [-0.2, 0) is 16.4 Å². The van der Waals surface area contributed by atoms with Crippen molar-refractivity contribution in [2.75, 3.05) is 39.4 Å². The summed E-state index contributed by atoms with van der Waals surface area (Å²) in [6.45, 7) is 2.75. The Hall–Kier alpha value is -2.94. The number of hydrogen-bond acceptors (Lipinski definition) is 7. The number of sulfone groups is 1. The maximum atomic E-state index is 13.6. The van der Waals surface area contributed by atoms with E-state index in [1.165, 1.54) is 21.3 Å². The summed E-state index contributed by atoms with van der Waals surface area (Å²) >= 11 is 0. The summed E-state index contributed by atoms with van der Waals surface area (Å²) in [7, 11) is 1.37. The summed E-state index contributed by atoms with van der Waals surface area (Å²) < 4.78 is 46.3. The zero-order valence-corrected chi connectivity index (χ0v) is 20.3. The van der Waals surface area contributed by atoms with Crippen LogP contribution in [0.5, 0.6) is 23.0 Å². The predicted octanol–water partition coefficient (Wildman–Crippen LogP) is 3.33. The van der Waals surface area contributed by atoms with E-state index in [-0.39, 0.29) is 24.0 Å². The molecule has 3 rings (SSSR count).